The Morgan fingerprint density at radius 3 is 2.76 bits per heavy atom. The molecule has 1 aliphatic heterocycles. The van der Waals surface area contributed by atoms with E-state index < -0.39 is 0 Å². The first-order valence-corrected chi connectivity index (χ1v) is 7.87. The van der Waals surface area contributed by atoms with E-state index in [9.17, 15) is 0 Å². The molecule has 0 amide bonds. The van der Waals surface area contributed by atoms with Crippen molar-refractivity contribution in [2.24, 2.45) is 0 Å². The van der Waals surface area contributed by atoms with Gasteiger partial charge in [0.1, 0.15) is 5.82 Å². The van der Waals surface area contributed by atoms with Gasteiger partial charge in [0.05, 0.1) is 22.8 Å². The molecule has 3 rings (SSSR count). The molecule has 0 saturated carbocycles. The summed E-state index contributed by atoms with van der Waals surface area (Å²) in [5, 5.41) is 3.54. The van der Waals surface area contributed by atoms with Crippen molar-refractivity contribution < 1.29 is 4.74 Å². The zero-order valence-electron chi connectivity index (χ0n) is 12.8. The van der Waals surface area contributed by atoms with Crippen LogP contribution in [-0.2, 0) is 4.74 Å². The first-order valence-electron chi connectivity index (χ1n) is 7.87. The van der Waals surface area contributed by atoms with Crippen molar-refractivity contribution in [3.05, 3.63) is 30.5 Å². The van der Waals surface area contributed by atoms with Gasteiger partial charge in [-0.2, -0.15) is 0 Å². The van der Waals surface area contributed by atoms with E-state index in [1.54, 1.807) is 0 Å². The number of aromatic nitrogens is 2. The third-order valence-electron chi connectivity index (χ3n) is 4.58. The summed E-state index contributed by atoms with van der Waals surface area (Å²) in [7, 11) is 0. The molecular formula is C17H23N3O. The summed E-state index contributed by atoms with van der Waals surface area (Å²) in [5.41, 5.74) is 1.90. The average Bonchev–Trinajstić information content (AvgIpc) is 2.55. The Bertz CT molecular complexity index is 610. The van der Waals surface area contributed by atoms with Gasteiger partial charge in [0.15, 0.2) is 0 Å². The normalized spacial score (nSPS) is 21.3. The molecule has 2 heterocycles. The summed E-state index contributed by atoms with van der Waals surface area (Å²) >= 11 is 0. The highest BCUT2D eigenvalue weighted by Crippen LogP contribution is 2.32. The number of ether oxygens (including phenoxy) is 1. The van der Waals surface area contributed by atoms with Crippen LogP contribution in [0.4, 0.5) is 5.82 Å². The van der Waals surface area contributed by atoms with Crippen LogP contribution < -0.4 is 5.32 Å². The molecule has 0 bridgehead atoms. The van der Waals surface area contributed by atoms with Crippen molar-refractivity contribution in [3.8, 4) is 0 Å². The molecule has 21 heavy (non-hydrogen) atoms. The molecule has 0 spiro atoms. The Morgan fingerprint density at radius 2 is 2.00 bits per heavy atom. The van der Waals surface area contributed by atoms with Crippen LogP contribution >= 0.6 is 0 Å². The first-order chi connectivity index (χ1) is 10.2. The van der Waals surface area contributed by atoms with Crippen molar-refractivity contribution in [3.63, 3.8) is 0 Å². The lowest BCUT2D eigenvalue weighted by molar-refractivity contribution is -0.0864. The highest BCUT2D eigenvalue weighted by atomic mass is 16.5. The minimum atomic E-state index is 0.0280. The minimum Gasteiger partial charge on any atom is -0.375 e. The molecule has 1 N–H and O–H groups in total. The SMILES string of the molecule is CCC1(CC)CC(Nc2cnc3ccccc3n2)CCO1. The van der Waals surface area contributed by atoms with Gasteiger partial charge in [-0.25, -0.2) is 4.98 Å². The fraction of sp³-hybridized carbons (Fsp3) is 0.529. The summed E-state index contributed by atoms with van der Waals surface area (Å²) in [5.74, 6) is 0.863. The lowest BCUT2D eigenvalue weighted by atomic mass is 9.86. The maximum atomic E-state index is 6.03. The van der Waals surface area contributed by atoms with Gasteiger partial charge in [0, 0.05) is 12.6 Å². The number of rotatable bonds is 4. The molecule has 2 aromatic rings. The van der Waals surface area contributed by atoms with Gasteiger partial charge < -0.3 is 10.1 Å². The lowest BCUT2D eigenvalue weighted by Gasteiger charge is -2.40. The molecule has 0 aliphatic carbocycles. The Morgan fingerprint density at radius 1 is 1.24 bits per heavy atom. The van der Waals surface area contributed by atoms with E-state index in [0.717, 1.165) is 49.1 Å². The fourth-order valence-corrected chi connectivity index (χ4v) is 3.13. The topological polar surface area (TPSA) is 47.0 Å². The molecule has 1 fully saturated rings. The first kappa shape index (κ1) is 14.3. The van der Waals surface area contributed by atoms with Crippen molar-refractivity contribution in [2.75, 3.05) is 11.9 Å². The third kappa shape index (κ3) is 3.00. The Kier molecular flexibility index (Phi) is 4.06. The molecule has 0 radical (unpaired) electrons. The predicted molar refractivity (Wildman–Crippen MR) is 85.4 cm³/mol. The van der Waals surface area contributed by atoms with Gasteiger partial charge >= 0.3 is 0 Å². The van der Waals surface area contributed by atoms with Crippen molar-refractivity contribution in [1.82, 2.24) is 9.97 Å². The molecule has 1 aliphatic rings. The monoisotopic (exact) mass is 285 g/mol. The second-order valence-corrected chi connectivity index (χ2v) is 5.82. The highest BCUT2D eigenvalue weighted by molar-refractivity contribution is 5.75. The largest absolute Gasteiger partial charge is 0.375 e. The van der Waals surface area contributed by atoms with Gasteiger partial charge in [0.25, 0.3) is 0 Å². The average molecular weight is 285 g/mol. The van der Waals surface area contributed by atoms with Crippen LogP contribution in [0.25, 0.3) is 11.0 Å². The Hall–Kier alpha value is -1.68. The van der Waals surface area contributed by atoms with Crippen LogP contribution in [0, 0.1) is 0 Å². The number of nitrogens with zero attached hydrogens (tertiary/aromatic N) is 2. The summed E-state index contributed by atoms with van der Waals surface area (Å²) in [6.45, 7) is 5.24. The number of para-hydroxylation sites is 2. The summed E-state index contributed by atoms with van der Waals surface area (Å²) < 4.78 is 6.03. The zero-order chi connectivity index (χ0) is 14.7. The van der Waals surface area contributed by atoms with Crippen molar-refractivity contribution in [1.29, 1.82) is 0 Å². The van der Waals surface area contributed by atoms with E-state index in [2.05, 4.69) is 29.1 Å². The second-order valence-electron chi connectivity index (χ2n) is 5.82. The van der Waals surface area contributed by atoms with Crippen LogP contribution in [0.15, 0.2) is 30.5 Å². The van der Waals surface area contributed by atoms with Crippen molar-refractivity contribution in [2.45, 2.75) is 51.2 Å². The van der Waals surface area contributed by atoms with E-state index >= 15 is 0 Å². The van der Waals surface area contributed by atoms with E-state index in [1.807, 2.05) is 30.5 Å². The summed E-state index contributed by atoms with van der Waals surface area (Å²) in [4.78, 5) is 9.12. The smallest absolute Gasteiger partial charge is 0.145 e. The third-order valence-corrected chi connectivity index (χ3v) is 4.58. The van der Waals surface area contributed by atoms with E-state index in [4.69, 9.17) is 4.74 Å². The van der Waals surface area contributed by atoms with Crippen molar-refractivity contribution >= 4 is 16.9 Å². The minimum absolute atomic E-state index is 0.0280. The van der Waals surface area contributed by atoms with Gasteiger partial charge in [-0.3, -0.25) is 4.98 Å². The number of nitrogens with one attached hydrogen (secondary N) is 1. The number of anilines is 1. The van der Waals surface area contributed by atoms with Crippen LogP contribution in [0.3, 0.4) is 0 Å². The summed E-state index contributed by atoms with van der Waals surface area (Å²) in [6.07, 6.45) is 6.01. The van der Waals surface area contributed by atoms with Crippen LogP contribution in [0.5, 0.6) is 0 Å². The standard InChI is InChI=1S/C17H23N3O/c1-3-17(4-2)11-13(9-10-21-17)19-16-12-18-14-7-5-6-8-15(14)20-16/h5-8,12-13H,3-4,9-11H2,1-2H3,(H,19,20). The zero-order valence-corrected chi connectivity index (χ0v) is 12.8. The van der Waals surface area contributed by atoms with Gasteiger partial charge in [0.2, 0.25) is 0 Å². The Balaban J connectivity index is 1.75. The van der Waals surface area contributed by atoms with E-state index in [0.29, 0.717) is 6.04 Å². The van der Waals surface area contributed by atoms with Gasteiger partial charge in [-0.05, 0) is 37.8 Å². The molecule has 1 saturated heterocycles. The van der Waals surface area contributed by atoms with Crippen LogP contribution in [0.2, 0.25) is 0 Å². The van der Waals surface area contributed by atoms with E-state index in [1.165, 1.54) is 0 Å². The molecule has 4 nitrogen and oxygen atoms in total. The molecule has 1 aromatic carbocycles. The lowest BCUT2D eigenvalue weighted by Crippen LogP contribution is -2.43. The van der Waals surface area contributed by atoms with Crippen LogP contribution in [-0.4, -0.2) is 28.2 Å². The van der Waals surface area contributed by atoms with Gasteiger partial charge in [-0.15, -0.1) is 0 Å². The number of fused-ring (bicyclic) bond motifs is 1. The quantitative estimate of drug-likeness (QED) is 0.928. The van der Waals surface area contributed by atoms with E-state index in [-0.39, 0.29) is 5.60 Å². The molecule has 1 atom stereocenters. The van der Waals surface area contributed by atoms with Crippen LogP contribution in [0.1, 0.15) is 39.5 Å². The fourth-order valence-electron chi connectivity index (χ4n) is 3.13. The maximum Gasteiger partial charge on any atom is 0.145 e. The second kappa shape index (κ2) is 5.98. The maximum absolute atomic E-state index is 6.03. The molecular weight excluding hydrogens is 262 g/mol. The predicted octanol–water partition coefficient (Wildman–Crippen LogP) is 3.78. The molecule has 112 valence electrons. The molecule has 4 heteroatoms. The summed E-state index contributed by atoms with van der Waals surface area (Å²) in [6, 6.07) is 8.38. The number of benzene rings is 1. The van der Waals surface area contributed by atoms with Gasteiger partial charge in [-0.1, -0.05) is 26.0 Å². The number of hydrogen-bond donors (Lipinski definition) is 1. The molecule has 1 aromatic heterocycles. The Labute approximate surface area is 125 Å². The number of hydrogen-bond acceptors (Lipinski definition) is 4. The molecule has 1 unspecified atom stereocenters. The highest BCUT2D eigenvalue weighted by Gasteiger charge is 2.34.